The van der Waals surface area contributed by atoms with Gasteiger partial charge in [-0.1, -0.05) is 48.5 Å². The smallest absolute Gasteiger partial charge is 0.272 e. The third-order valence-corrected chi connectivity index (χ3v) is 6.48. The van der Waals surface area contributed by atoms with Crippen LogP contribution in [0.4, 0.5) is 0 Å². The summed E-state index contributed by atoms with van der Waals surface area (Å²) in [5.41, 5.74) is 0.623. The molecule has 4 aliphatic rings. The lowest BCUT2D eigenvalue weighted by molar-refractivity contribution is -0.578. The summed E-state index contributed by atoms with van der Waals surface area (Å²) in [6.45, 7) is 0. The van der Waals surface area contributed by atoms with Gasteiger partial charge in [-0.05, 0) is 11.1 Å². The Hall–Kier alpha value is -3.88. The molecule has 2 amide bonds. The number of imide groups is 1. The van der Waals surface area contributed by atoms with E-state index < -0.39 is 40.0 Å². The summed E-state index contributed by atoms with van der Waals surface area (Å²) in [5, 5.41) is 21.0. The van der Waals surface area contributed by atoms with Gasteiger partial charge in [0.25, 0.3) is 17.4 Å². The molecule has 9 heteroatoms. The molecular formula is C20H13N5O4. The Kier molecular flexibility index (Phi) is 2.85. The van der Waals surface area contributed by atoms with E-state index in [-0.39, 0.29) is 0 Å². The molecule has 0 N–H and O–H groups in total. The molecule has 2 bridgehead atoms. The molecule has 2 atom stereocenters. The van der Waals surface area contributed by atoms with E-state index in [1.807, 2.05) is 24.3 Å². The van der Waals surface area contributed by atoms with E-state index in [0.717, 1.165) is 16.1 Å². The normalized spacial score (nSPS) is 28.8. The molecule has 3 aliphatic carbocycles. The fourth-order valence-corrected chi connectivity index (χ4v) is 5.55. The molecule has 1 fully saturated rings. The molecule has 0 unspecified atom stereocenters. The second-order valence-corrected chi connectivity index (χ2v) is 7.51. The summed E-state index contributed by atoms with van der Waals surface area (Å²) >= 11 is 0. The van der Waals surface area contributed by atoms with E-state index in [2.05, 4.69) is 10.2 Å². The minimum atomic E-state index is -1.82. The van der Waals surface area contributed by atoms with Gasteiger partial charge in [0.1, 0.15) is 18.6 Å². The number of carbonyl (C=O) groups excluding carboxylic acids is 2. The largest absolute Gasteiger partial charge is 0.285 e. The summed E-state index contributed by atoms with van der Waals surface area (Å²) < 4.78 is 1.20. The molecular weight excluding hydrogens is 374 g/mol. The van der Waals surface area contributed by atoms with Crippen LogP contribution in [-0.2, 0) is 15.1 Å². The number of rotatable bonds is 2. The molecule has 1 aliphatic heterocycles. The van der Waals surface area contributed by atoms with Crippen molar-refractivity contribution in [1.29, 1.82) is 0 Å². The highest BCUT2D eigenvalue weighted by molar-refractivity contribution is 6.18. The van der Waals surface area contributed by atoms with E-state index in [0.29, 0.717) is 11.1 Å². The molecule has 142 valence electrons. The molecule has 7 rings (SSSR count). The van der Waals surface area contributed by atoms with E-state index in [1.54, 1.807) is 24.3 Å². The standard InChI is InChI=1S/C20H13N5O4/c26-18-16-15-11-5-1-3-7-13(11)20(25(28)29,14-8-4-2-6-12(14)15)17(16)19(27)24(18)23-9-21-22-10-23/h1-10,15-17H/t15?,16-,17-,20?/m1/s1. The van der Waals surface area contributed by atoms with Crippen LogP contribution in [0.15, 0.2) is 61.2 Å². The molecule has 0 radical (unpaired) electrons. The Morgan fingerprint density at radius 3 is 2.00 bits per heavy atom. The summed E-state index contributed by atoms with van der Waals surface area (Å²) in [5.74, 6) is -3.50. The number of nitrogens with zero attached hydrogens (tertiary/aromatic N) is 5. The number of benzene rings is 2. The molecule has 3 aromatic rings. The van der Waals surface area contributed by atoms with Gasteiger partial charge in [-0.25, -0.2) is 4.68 Å². The van der Waals surface area contributed by atoms with Crippen LogP contribution in [-0.4, -0.2) is 31.6 Å². The minimum absolute atomic E-state index is 0.390. The van der Waals surface area contributed by atoms with Crippen molar-refractivity contribution in [3.8, 4) is 0 Å². The van der Waals surface area contributed by atoms with E-state index in [1.165, 1.54) is 17.3 Å². The second kappa shape index (κ2) is 5.13. The van der Waals surface area contributed by atoms with Crippen LogP contribution in [0.5, 0.6) is 0 Å². The first-order chi connectivity index (χ1) is 14.1. The highest BCUT2D eigenvalue weighted by atomic mass is 16.6. The fraction of sp³-hybridized carbons (Fsp3) is 0.200. The van der Waals surface area contributed by atoms with Crippen molar-refractivity contribution in [3.63, 3.8) is 0 Å². The zero-order chi connectivity index (χ0) is 19.9. The number of nitro groups is 1. The number of amides is 2. The molecule has 2 aromatic carbocycles. The van der Waals surface area contributed by atoms with Gasteiger partial charge in [0.2, 0.25) is 0 Å². The predicted octanol–water partition coefficient (Wildman–Crippen LogP) is 1.19. The van der Waals surface area contributed by atoms with Crippen LogP contribution in [0.25, 0.3) is 0 Å². The molecule has 1 saturated heterocycles. The van der Waals surface area contributed by atoms with Crippen LogP contribution >= 0.6 is 0 Å². The fourth-order valence-electron chi connectivity index (χ4n) is 5.55. The number of aromatic nitrogens is 3. The summed E-state index contributed by atoms with van der Waals surface area (Å²) in [7, 11) is 0. The van der Waals surface area contributed by atoms with Gasteiger partial charge in [0.05, 0.1) is 5.92 Å². The van der Waals surface area contributed by atoms with Gasteiger partial charge in [-0.15, -0.1) is 10.2 Å². The average Bonchev–Trinajstić information content (AvgIpc) is 3.35. The monoisotopic (exact) mass is 387 g/mol. The van der Waals surface area contributed by atoms with Crippen molar-refractivity contribution >= 4 is 11.8 Å². The minimum Gasteiger partial charge on any atom is -0.272 e. The topological polar surface area (TPSA) is 111 Å². The summed E-state index contributed by atoms with van der Waals surface area (Å²) in [6.07, 6.45) is 2.49. The number of hydrogen-bond donors (Lipinski definition) is 0. The Labute approximate surface area is 163 Å². The third kappa shape index (κ3) is 1.63. The van der Waals surface area contributed by atoms with Gasteiger partial charge in [-0.2, -0.15) is 5.01 Å². The quantitative estimate of drug-likeness (QED) is 0.371. The van der Waals surface area contributed by atoms with Gasteiger partial charge in [0.15, 0.2) is 0 Å². The van der Waals surface area contributed by atoms with E-state index in [4.69, 9.17) is 0 Å². The van der Waals surface area contributed by atoms with Crippen LogP contribution in [0.3, 0.4) is 0 Å². The molecule has 9 nitrogen and oxygen atoms in total. The number of carbonyl (C=O) groups is 2. The maximum Gasteiger partial charge on any atom is 0.285 e. The summed E-state index contributed by atoms with van der Waals surface area (Å²) in [6, 6.07) is 14.1. The molecule has 0 saturated carbocycles. The lowest BCUT2D eigenvalue weighted by atomic mass is 9.51. The van der Waals surface area contributed by atoms with Gasteiger partial charge >= 0.3 is 0 Å². The highest BCUT2D eigenvalue weighted by Crippen LogP contribution is 2.63. The SMILES string of the molecule is O=C1[C@@H]2C3c4ccccc4C([N+](=O)[O-])(c4ccccc43)[C@H]2C(=O)N1n1cnnc1. The lowest BCUT2D eigenvalue weighted by Crippen LogP contribution is -2.57. The van der Waals surface area contributed by atoms with Crippen molar-refractivity contribution in [3.05, 3.63) is 93.6 Å². The molecule has 0 spiro atoms. The first-order valence-electron chi connectivity index (χ1n) is 9.14. The Bertz CT molecular complexity index is 1170. The first-order valence-corrected chi connectivity index (χ1v) is 9.14. The van der Waals surface area contributed by atoms with Crippen molar-refractivity contribution < 1.29 is 14.5 Å². The van der Waals surface area contributed by atoms with Gasteiger partial charge in [-0.3, -0.25) is 19.7 Å². The zero-order valence-electron chi connectivity index (χ0n) is 14.9. The third-order valence-electron chi connectivity index (χ3n) is 6.48. The van der Waals surface area contributed by atoms with Gasteiger partial charge < -0.3 is 0 Å². The lowest BCUT2D eigenvalue weighted by Gasteiger charge is -2.48. The van der Waals surface area contributed by atoms with Crippen molar-refractivity contribution in [1.82, 2.24) is 14.9 Å². The Morgan fingerprint density at radius 1 is 0.897 bits per heavy atom. The van der Waals surface area contributed by atoms with Crippen LogP contribution in [0, 0.1) is 22.0 Å². The first kappa shape index (κ1) is 16.1. The highest BCUT2D eigenvalue weighted by Gasteiger charge is 2.75. The zero-order valence-corrected chi connectivity index (χ0v) is 14.9. The summed E-state index contributed by atoms with van der Waals surface area (Å²) in [4.78, 5) is 39.3. The maximum atomic E-state index is 13.5. The van der Waals surface area contributed by atoms with Crippen LogP contribution < -0.4 is 5.01 Å². The molecule has 1 aromatic heterocycles. The van der Waals surface area contributed by atoms with Crippen molar-refractivity contribution in [2.24, 2.45) is 11.8 Å². The molecule has 29 heavy (non-hydrogen) atoms. The average molecular weight is 387 g/mol. The maximum absolute atomic E-state index is 13.5. The molecule has 2 heterocycles. The Morgan fingerprint density at radius 2 is 1.45 bits per heavy atom. The second-order valence-electron chi connectivity index (χ2n) is 7.51. The predicted molar refractivity (Wildman–Crippen MR) is 97.7 cm³/mol. The number of hydrogen-bond acceptors (Lipinski definition) is 6. The van der Waals surface area contributed by atoms with Crippen LogP contribution in [0.2, 0.25) is 0 Å². The van der Waals surface area contributed by atoms with Gasteiger partial charge in [0, 0.05) is 22.0 Å². The van der Waals surface area contributed by atoms with Crippen molar-refractivity contribution in [2.75, 3.05) is 5.01 Å². The van der Waals surface area contributed by atoms with E-state index in [9.17, 15) is 19.7 Å². The Balaban J connectivity index is 1.72. The van der Waals surface area contributed by atoms with E-state index >= 15 is 0 Å². The van der Waals surface area contributed by atoms with Crippen LogP contribution in [0.1, 0.15) is 28.2 Å². The van der Waals surface area contributed by atoms with Crippen molar-refractivity contribution in [2.45, 2.75) is 11.5 Å².